The maximum absolute atomic E-state index is 12.8. The molecular formula is C13H26N4O2S. The average molecular weight is 302 g/mol. The molecule has 6 nitrogen and oxygen atoms in total. The van der Waals surface area contributed by atoms with Crippen LogP contribution in [0.1, 0.15) is 38.6 Å². The Kier molecular flexibility index (Phi) is 5.34. The molecule has 1 rings (SSSR count). The van der Waals surface area contributed by atoms with Crippen LogP contribution in [-0.2, 0) is 10.0 Å². The highest BCUT2D eigenvalue weighted by molar-refractivity contribution is 7.89. The molecule has 0 amide bonds. The Morgan fingerprint density at radius 2 is 1.95 bits per heavy atom. The summed E-state index contributed by atoms with van der Waals surface area (Å²) in [4.78, 5) is 0.291. The minimum atomic E-state index is -3.54. The minimum absolute atomic E-state index is 0.256. The molecular weight excluding hydrogens is 276 g/mol. The molecule has 1 aromatic rings. The first-order valence-corrected chi connectivity index (χ1v) is 8.31. The molecule has 0 atom stereocenters. The van der Waals surface area contributed by atoms with Crippen molar-refractivity contribution in [2.75, 3.05) is 19.6 Å². The standard InChI is InChI=1S/C13H26N4O2S/c1-6-7-17(9-13(4,5)8-14)20(18,19)12-10(2)15-16-11(12)3/h6-9,14H2,1-5H3,(H,15,16). The van der Waals surface area contributed by atoms with Gasteiger partial charge in [0.25, 0.3) is 0 Å². The average Bonchev–Trinajstić information content (AvgIpc) is 2.68. The van der Waals surface area contributed by atoms with Crippen molar-refractivity contribution in [1.29, 1.82) is 0 Å². The molecule has 0 aliphatic heterocycles. The molecule has 3 N–H and O–H groups in total. The highest BCUT2D eigenvalue weighted by Crippen LogP contribution is 2.25. The van der Waals surface area contributed by atoms with E-state index in [0.717, 1.165) is 6.42 Å². The summed E-state index contributed by atoms with van der Waals surface area (Å²) in [6.07, 6.45) is 0.760. The molecule has 0 aromatic carbocycles. The zero-order chi connectivity index (χ0) is 15.6. The van der Waals surface area contributed by atoms with E-state index in [9.17, 15) is 8.42 Å². The number of sulfonamides is 1. The van der Waals surface area contributed by atoms with Gasteiger partial charge < -0.3 is 5.73 Å². The van der Waals surface area contributed by atoms with Crippen LogP contribution in [0.4, 0.5) is 0 Å². The van der Waals surface area contributed by atoms with E-state index in [1.165, 1.54) is 4.31 Å². The van der Waals surface area contributed by atoms with Gasteiger partial charge >= 0.3 is 0 Å². The number of aryl methyl sites for hydroxylation is 2. The third-order valence-electron chi connectivity index (χ3n) is 3.29. The SMILES string of the molecule is CCCN(CC(C)(C)CN)S(=O)(=O)c1c(C)n[nH]c1C. The maximum atomic E-state index is 12.8. The number of nitrogens with zero attached hydrogens (tertiary/aromatic N) is 2. The molecule has 0 fully saturated rings. The van der Waals surface area contributed by atoms with E-state index in [-0.39, 0.29) is 5.41 Å². The predicted octanol–water partition coefficient (Wildman–Crippen LogP) is 1.41. The summed E-state index contributed by atoms with van der Waals surface area (Å²) in [5.74, 6) is 0. The van der Waals surface area contributed by atoms with Crippen LogP contribution in [0.3, 0.4) is 0 Å². The van der Waals surface area contributed by atoms with Gasteiger partial charge in [-0.1, -0.05) is 20.8 Å². The van der Waals surface area contributed by atoms with Crippen molar-refractivity contribution in [1.82, 2.24) is 14.5 Å². The van der Waals surface area contributed by atoms with Crippen LogP contribution in [0.2, 0.25) is 0 Å². The molecule has 0 aliphatic carbocycles. The summed E-state index contributed by atoms with van der Waals surface area (Å²) >= 11 is 0. The number of aromatic amines is 1. The van der Waals surface area contributed by atoms with Crippen LogP contribution in [0.5, 0.6) is 0 Å². The zero-order valence-corrected chi connectivity index (χ0v) is 13.8. The van der Waals surface area contributed by atoms with Gasteiger partial charge in [-0.25, -0.2) is 8.42 Å². The summed E-state index contributed by atoms with van der Waals surface area (Å²) in [5.41, 5.74) is 6.56. The first-order chi connectivity index (χ1) is 9.15. The van der Waals surface area contributed by atoms with E-state index in [4.69, 9.17) is 5.73 Å². The van der Waals surface area contributed by atoms with E-state index in [1.54, 1.807) is 13.8 Å². The summed E-state index contributed by atoms with van der Waals surface area (Å²) in [6, 6.07) is 0. The fourth-order valence-corrected chi connectivity index (χ4v) is 4.18. The lowest BCUT2D eigenvalue weighted by Crippen LogP contribution is -2.42. The molecule has 116 valence electrons. The Balaban J connectivity index is 3.20. The van der Waals surface area contributed by atoms with E-state index in [2.05, 4.69) is 10.2 Å². The van der Waals surface area contributed by atoms with Gasteiger partial charge in [0.1, 0.15) is 4.90 Å². The third-order valence-corrected chi connectivity index (χ3v) is 5.40. The second-order valence-corrected chi connectivity index (χ2v) is 7.84. The number of hydrogen-bond donors (Lipinski definition) is 2. The quantitative estimate of drug-likeness (QED) is 0.796. The van der Waals surface area contributed by atoms with Crippen LogP contribution in [0.15, 0.2) is 4.90 Å². The summed E-state index contributed by atoms with van der Waals surface area (Å²) in [6.45, 7) is 10.7. The number of H-pyrrole nitrogens is 1. The predicted molar refractivity (Wildman–Crippen MR) is 79.9 cm³/mol. The Hall–Kier alpha value is -0.920. The van der Waals surface area contributed by atoms with Crippen molar-refractivity contribution in [2.24, 2.45) is 11.1 Å². The lowest BCUT2D eigenvalue weighted by atomic mass is 9.94. The van der Waals surface area contributed by atoms with Crippen molar-refractivity contribution in [3.05, 3.63) is 11.4 Å². The van der Waals surface area contributed by atoms with Crippen molar-refractivity contribution >= 4 is 10.0 Å². The number of hydrogen-bond acceptors (Lipinski definition) is 4. The molecule has 1 heterocycles. The highest BCUT2D eigenvalue weighted by Gasteiger charge is 2.32. The van der Waals surface area contributed by atoms with Crippen LogP contribution >= 0.6 is 0 Å². The topological polar surface area (TPSA) is 92.1 Å². The molecule has 0 saturated carbocycles. The van der Waals surface area contributed by atoms with Crippen molar-refractivity contribution in [3.63, 3.8) is 0 Å². The third kappa shape index (κ3) is 3.59. The van der Waals surface area contributed by atoms with E-state index < -0.39 is 10.0 Å². The fraction of sp³-hybridized carbons (Fsp3) is 0.769. The second-order valence-electron chi connectivity index (χ2n) is 5.97. The van der Waals surface area contributed by atoms with Crippen LogP contribution < -0.4 is 5.73 Å². The Morgan fingerprint density at radius 3 is 2.35 bits per heavy atom. The van der Waals surface area contributed by atoms with Gasteiger partial charge in [-0.15, -0.1) is 0 Å². The molecule has 0 aliphatic rings. The fourth-order valence-electron chi connectivity index (χ4n) is 2.13. The molecule has 7 heteroatoms. The van der Waals surface area contributed by atoms with Gasteiger partial charge in [0.2, 0.25) is 10.0 Å². The summed E-state index contributed by atoms with van der Waals surface area (Å²) in [5, 5.41) is 6.72. The molecule has 0 saturated heterocycles. The number of nitrogens with one attached hydrogen (secondary N) is 1. The summed E-state index contributed by atoms with van der Waals surface area (Å²) < 4.78 is 27.2. The lowest BCUT2D eigenvalue weighted by Gasteiger charge is -2.31. The first kappa shape index (κ1) is 17.1. The Labute approximate surface area is 121 Å². The van der Waals surface area contributed by atoms with Crippen molar-refractivity contribution < 1.29 is 8.42 Å². The molecule has 1 aromatic heterocycles. The molecule has 20 heavy (non-hydrogen) atoms. The number of nitrogens with two attached hydrogens (primary N) is 1. The van der Waals surface area contributed by atoms with Gasteiger partial charge in [0.15, 0.2) is 0 Å². The highest BCUT2D eigenvalue weighted by atomic mass is 32.2. The molecule has 0 radical (unpaired) electrons. The van der Waals surface area contributed by atoms with E-state index in [0.29, 0.717) is 35.9 Å². The van der Waals surface area contributed by atoms with Gasteiger partial charge in [-0.05, 0) is 32.2 Å². The number of aromatic nitrogens is 2. The lowest BCUT2D eigenvalue weighted by molar-refractivity contribution is 0.266. The van der Waals surface area contributed by atoms with Crippen molar-refractivity contribution in [2.45, 2.75) is 45.9 Å². The van der Waals surface area contributed by atoms with Gasteiger partial charge in [0.05, 0.1) is 11.4 Å². The van der Waals surface area contributed by atoms with E-state index in [1.807, 2.05) is 20.8 Å². The van der Waals surface area contributed by atoms with Gasteiger partial charge in [0, 0.05) is 13.1 Å². The largest absolute Gasteiger partial charge is 0.330 e. The smallest absolute Gasteiger partial charge is 0.246 e. The van der Waals surface area contributed by atoms with Gasteiger partial charge in [-0.3, -0.25) is 5.10 Å². The normalized spacial score (nSPS) is 13.2. The maximum Gasteiger partial charge on any atom is 0.246 e. The van der Waals surface area contributed by atoms with Crippen LogP contribution in [0.25, 0.3) is 0 Å². The van der Waals surface area contributed by atoms with E-state index >= 15 is 0 Å². The van der Waals surface area contributed by atoms with Crippen LogP contribution in [0, 0.1) is 19.3 Å². The molecule has 0 bridgehead atoms. The Morgan fingerprint density at radius 1 is 1.35 bits per heavy atom. The van der Waals surface area contributed by atoms with Crippen LogP contribution in [-0.4, -0.2) is 42.6 Å². The van der Waals surface area contributed by atoms with Crippen molar-refractivity contribution in [3.8, 4) is 0 Å². The number of rotatable bonds is 7. The molecule has 0 unspecified atom stereocenters. The minimum Gasteiger partial charge on any atom is -0.330 e. The zero-order valence-electron chi connectivity index (χ0n) is 13.0. The second kappa shape index (κ2) is 6.24. The summed E-state index contributed by atoms with van der Waals surface area (Å²) in [7, 11) is -3.54. The monoisotopic (exact) mass is 302 g/mol. The molecule has 0 spiro atoms. The van der Waals surface area contributed by atoms with Gasteiger partial charge in [-0.2, -0.15) is 9.40 Å². The first-order valence-electron chi connectivity index (χ1n) is 6.87. The Bertz CT molecular complexity index is 529.